The Bertz CT molecular complexity index is 1250. The average molecular weight is 436 g/mol. The first-order valence-corrected chi connectivity index (χ1v) is 9.49. The fourth-order valence-corrected chi connectivity index (χ4v) is 3.82. The summed E-state index contributed by atoms with van der Waals surface area (Å²) in [5.41, 5.74) is 2.40. The molecule has 0 bridgehead atoms. The third-order valence-corrected chi connectivity index (χ3v) is 5.17. The van der Waals surface area contributed by atoms with Crippen molar-refractivity contribution in [2.45, 2.75) is 12.9 Å². The molecule has 1 aromatic carbocycles. The molecule has 4 rings (SSSR count). The molecule has 0 saturated heterocycles. The lowest BCUT2D eigenvalue weighted by atomic mass is 10.2. The van der Waals surface area contributed by atoms with Gasteiger partial charge in [0, 0.05) is 20.6 Å². The van der Waals surface area contributed by atoms with Gasteiger partial charge >= 0.3 is 6.36 Å². The number of fused-ring (bicyclic) bond motifs is 3. The molecule has 0 saturated carbocycles. The second kappa shape index (κ2) is 7.44. The molecule has 30 heavy (non-hydrogen) atoms. The number of aryl methyl sites for hydroxylation is 1. The number of halogens is 3. The zero-order valence-corrected chi connectivity index (χ0v) is 16.6. The first-order valence-electron chi connectivity index (χ1n) is 8.67. The van der Waals surface area contributed by atoms with E-state index in [0.717, 1.165) is 16.9 Å². The van der Waals surface area contributed by atoms with Gasteiger partial charge < -0.3 is 19.9 Å². The molecule has 0 radical (unpaired) electrons. The van der Waals surface area contributed by atoms with Crippen molar-refractivity contribution in [3.05, 3.63) is 41.2 Å². The van der Waals surface area contributed by atoms with E-state index in [1.54, 1.807) is 24.0 Å². The fourth-order valence-electron chi connectivity index (χ4n) is 2.96. The standard InChI is InChI=1S/C18H15F3N6O2S/c1-22-14-11-13(27(2)8-24-11)12-16(26-14)30-17(25-12)15(28)23-7-9-4-3-5-10(6-9)29-18(19,20)21/h3-6,8H,7H2,1-2H3,(H,22,26)(H,23,28). The van der Waals surface area contributed by atoms with Gasteiger partial charge in [-0.1, -0.05) is 23.5 Å². The summed E-state index contributed by atoms with van der Waals surface area (Å²) < 4.78 is 42.8. The van der Waals surface area contributed by atoms with E-state index in [4.69, 9.17) is 0 Å². The molecule has 0 unspecified atom stereocenters. The maximum absolute atomic E-state index is 12.6. The molecular weight excluding hydrogens is 421 g/mol. The minimum atomic E-state index is -4.78. The van der Waals surface area contributed by atoms with Crippen molar-refractivity contribution in [1.29, 1.82) is 0 Å². The maximum Gasteiger partial charge on any atom is 0.573 e. The van der Waals surface area contributed by atoms with E-state index in [-0.39, 0.29) is 17.3 Å². The molecule has 4 aromatic rings. The number of benzene rings is 1. The van der Waals surface area contributed by atoms with Crippen LogP contribution >= 0.6 is 11.3 Å². The van der Waals surface area contributed by atoms with Crippen LogP contribution in [0, 0.1) is 0 Å². The van der Waals surface area contributed by atoms with Gasteiger partial charge in [-0.05, 0) is 17.7 Å². The van der Waals surface area contributed by atoms with Crippen molar-refractivity contribution in [1.82, 2.24) is 24.8 Å². The fraction of sp³-hybridized carbons (Fsp3) is 0.222. The number of thiazole rings is 1. The van der Waals surface area contributed by atoms with Crippen molar-refractivity contribution in [2.24, 2.45) is 7.05 Å². The lowest BCUT2D eigenvalue weighted by Crippen LogP contribution is -2.22. The number of anilines is 1. The number of aromatic nitrogens is 4. The summed E-state index contributed by atoms with van der Waals surface area (Å²) in [5, 5.41) is 5.83. The van der Waals surface area contributed by atoms with E-state index in [9.17, 15) is 18.0 Å². The van der Waals surface area contributed by atoms with Crippen molar-refractivity contribution in [2.75, 3.05) is 12.4 Å². The quantitative estimate of drug-likeness (QED) is 0.498. The second-order valence-electron chi connectivity index (χ2n) is 6.31. The Hall–Kier alpha value is -3.41. The zero-order valence-electron chi connectivity index (χ0n) is 15.7. The minimum absolute atomic E-state index is 0.0140. The lowest BCUT2D eigenvalue weighted by Gasteiger charge is -2.10. The smallest absolute Gasteiger partial charge is 0.406 e. The van der Waals surface area contributed by atoms with E-state index >= 15 is 0 Å². The molecule has 8 nitrogen and oxygen atoms in total. The third-order valence-electron chi connectivity index (χ3n) is 4.22. The maximum atomic E-state index is 12.6. The number of alkyl halides is 3. The number of nitrogens with zero attached hydrogens (tertiary/aromatic N) is 4. The van der Waals surface area contributed by atoms with Crippen LogP contribution in [0.2, 0.25) is 0 Å². The Labute approximate surface area is 171 Å². The number of carbonyl (C=O) groups is 1. The molecule has 2 N–H and O–H groups in total. The monoisotopic (exact) mass is 436 g/mol. The molecule has 0 aliphatic heterocycles. The van der Waals surface area contributed by atoms with Gasteiger partial charge in [0.1, 0.15) is 27.1 Å². The van der Waals surface area contributed by atoms with E-state index in [0.29, 0.717) is 27.2 Å². The van der Waals surface area contributed by atoms with Crippen molar-refractivity contribution in [3.8, 4) is 5.75 Å². The Morgan fingerprint density at radius 2 is 2.07 bits per heavy atom. The molecule has 0 atom stereocenters. The molecule has 156 valence electrons. The van der Waals surface area contributed by atoms with Gasteiger partial charge in [-0.3, -0.25) is 4.79 Å². The van der Waals surface area contributed by atoms with E-state index in [1.807, 2.05) is 7.05 Å². The average Bonchev–Trinajstić information content (AvgIpc) is 3.28. The van der Waals surface area contributed by atoms with Crippen LogP contribution in [-0.2, 0) is 13.6 Å². The Morgan fingerprint density at radius 3 is 2.80 bits per heavy atom. The van der Waals surface area contributed by atoms with Crippen molar-refractivity contribution < 1.29 is 22.7 Å². The first-order chi connectivity index (χ1) is 14.2. The number of nitrogens with one attached hydrogen (secondary N) is 2. The number of ether oxygens (including phenoxy) is 1. The number of amides is 1. The van der Waals surface area contributed by atoms with Gasteiger partial charge in [0.25, 0.3) is 5.91 Å². The van der Waals surface area contributed by atoms with Crippen LogP contribution < -0.4 is 15.4 Å². The largest absolute Gasteiger partial charge is 0.573 e. The highest BCUT2D eigenvalue weighted by Gasteiger charge is 2.31. The highest BCUT2D eigenvalue weighted by Crippen LogP contribution is 2.31. The van der Waals surface area contributed by atoms with Crippen LogP contribution in [0.1, 0.15) is 15.4 Å². The minimum Gasteiger partial charge on any atom is -0.406 e. The molecule has 3 aromatic heterocycles. The van der Waals surface area contributed by atoms with Gasteiger partial charge in [-0.2, -0.15) is 0 Å². The Kier molecular flexibility index (Phi) is 4.94. The molecule has 0 fully saturated rings. The summed E-state index contributed by atoms with van der Waals surface area (Å²) in [7, 11) is 3.55. The van der Waals surface area contributed by atoms with Crippen molar-refractivity contribution >= 4 is 44.4 Å². The molecule has 1 amide bonds. The molecule has 0 spiro atoms. The first kappa shape index (κ1) is 19.9. The second-order valence-corrected chi connectivity index (χ2v) is 7.29. The topological polar surface area (TPSA) is 94.0 Å². The van der Waals surface area contributed by atoms with Gasteiger partial charge in [0.15, 0.2) is 10.8 Å². The number of pyridine rings is 1. The van der Waals surface area contributed by atoms with Crippen LogP contribution in [-0.4, -0.2) is 38.8 Å². The number of imidazole rings is 1. The van der Waals surface area contributed by atoms with Crippen LogP contribution in [0.25, 0.3) is 21.4 Å². The molecule has 3 heterocycles. The number of hydrogen-bond acceptors (Lipinski definition) is 7. The van der Waals surface area contributed by atoms with Crippen LogP contribution in [0.3, 0.4) is 0 Å². The lowest BCUT2D eigenvalue weighted by molar-refractivity contribution is -0.274. The number of carbonyl (C=O) groups excluding carboxylic acids is 1. The Balaban J connectivity index is 1.56. The summed E-state index contributed by atoms with van der Waals surface area (Å²) in [6, 6.07) is 5.41. The third kappa shape index (κ3) is 3.85. The predicted molar refractivity (Wildman–Crippen MR) is 106 cm³/mol. The van der Waals surface area contributed by atoms with E-state index < -0.39 is 12.3 Å². The SMILES string of the molecule is CNc1nc2sc(C(=O)NCc3cccc(OC(F)(F)F)c3)nc2c2c1ncn2C. The van der Waals surface area contributed by atoms with Gasteiger partial charge in [0.2, 0.25) is 0 Å². The van der Waals surface area contributed by atoms with E-state index in [1.165, 1.54) is 18.2 Å². The molecular formula is C18H15F3N6O2S. The van der Waals surface area contributed by atoms with E-state index in [2.05, 4.69) is 30.3 Å². The summed E-state index contributed by atoms with van der Waals surface area (Å²) in [6.45, 7) is 0.0140. The summed E-state index contributed by atoms with van der Waals surface area (Å²) in [6.07, 6.45) is -3.14. The van der Waals surface area contributed by atoms with Gasteiger partial charge in [0.05, 0.1) is 6.33 Å². The molecule has 0 aliphatic rings. The summed E-state index contributed by atoms with van der Waals surface area (Å²) in [4.78, 5) is 26.3. The van der Waals surface area contributed by atoms with Crippen LogP contribution in [0.4, 0.5) is 19.0 Å². The normalized spacial score (nSPS) is 11.8. The predicted octanol–water partition coefficient (Wildman–Crippen LogP) is 3.45. The van der Waals surface area contributed by atoms with Crippen LogP contribution in [0.15, 0.2) is 30.6 Å². The number of hydrogen-bond donors (Lipinski definition) is 2. The highest BCUT2D eigenvalue weighted by molar-refractivity contribution is 7.20. The molecule has 0 aliphatic carbocycles. The number of rotatable bonds is 5. The van der Waals surface area contributed by atoms with Crippen LogP contribution in [0.5, 0.6) is 5.75 Å². The summed E-state index contributed by atoms with van der Waals surface area (Å²) in [5.74, 6) is -0.228. The zero-order chi connectivity index (χ0) is 21.5. The summed E-state index contributed by atoms with van der Waals surface area (Å²) >= 11 is 1.12. The Morgan fingerprint density at radius 1 is 1.27 bits per heavy atom. The molecule has 12 heteroatoms. The van der Waals surface area contributed by atoms with Gasteiger partial charge in [-0.25, -0.2) is 15.0 Å². The van der Waals surface area contributed by atoms with Crippen molar-refractivity contribution in [3.63, 3.8) is 0 Å². The van der Waals surface area contributed by atoms with Gasteiger partial charge in [-0.15, -0.1) is 13.2 Å². The highest BCUT2D eigenvalue weighted by atomic mass is 32.1.